The SMILES string of the molecule is [C-]#C.[Cu+].[Li+].[c-]1cc2ccccc2o1. The van der Waals surface area contributed by atoms with E-state index in [4.69, 9.17) is 10.8 Å². The molecule has 0 fully saturated rings. The van der Waals surface area contributed by atoms with E-state index in [-0.39, 0.29) is 35.9 Å². The summed E-state index contributed by atoms with van der Waals surface area (Å²) in [5.41, 5.74) is 0.900. The van der Waals surface area contributed by atoms with Gasteiger partial charge in [-0.25, -0.2) is 0 Å². The number of fused-ring (bicyclic) bond motifs is 1. The molecule has 0 aliphatic carbocycles. The summed E-state index contributed by atoms with van der Waals surface area (Å²) in [4.78, 5) is 0. The Labute approximate surface area is 101 Å². The third-order valence-electron chi connectivity index (χ3n) is 1.30. The molecule has 2 aromatic rings. The summed E-state index contributed by atoms with van der Waals surface area (Å²) in [6.07, 6.45) is 11.7. The fourth-order valence-electron chi connectivity index (χ4n) is 0.849. The van der Waals surface area contributed by atoms with Gasteiger partial charge in [0.15, 0.2) is 0 Å². The Morgan fingerprint density at radius 1 is 1.23 bits per heavy atom. The monoisotopic (exact) mass is 212 g/mol. The third kappa shape index (κ3) is 3.77. The fraction of sp³-hybridized carbons (Fsp3) is 0. The predicted molar refractivity (Wildman–Crippen MR) is 43.2 cm³/mol. The van der Waals surface area contributed by atoms with Crippen molar-refractivity contribution in [1.82, 2.24) is 0 Å². The minimum absolute atomic E-state index is 0. The van der Waals surface area contributed by atoms with Crippen molar-refractivity contribution in [3.8, 4) is 6.42 Å². The molecule has 1 nitrogen and oxygen atoms in total. The van der Waals surface area contributed by atoms with Gasteiger partial charge >= 0.3 is 35.9 Å². The normalized spacial score (nSPS) is 7.23. The van der Waals surface area contributed by atoms with E-state index in [1.807, 2.05) is 30.3 Å². The number of benzene rings is 1. The zero-order valence-electron chi connectivity index (χ0n) is 7.17. The van der Waals surface area contributed by atoms with Gasteiger partial charge in [0.05, 0.1) is 0 Å². The van der Waals surface area contributed by atoms with Crippen LogP contribution in [0.15, 0.2) is 34.7 Å². The van der Waals surface area contributed by atoms with Gasteiger partial charge in [-0.3, -0.25) is 0 Å². The molecule has 0 aliphatic heterocycles. The van der Waals surface area contributed by atoms with Crippen molar-refractivity contribution in [3.05, 3.63) is 43.0 Å². The molecule has 2 rings (SSSR count). The first kappa shape index (κ1) is 14.9. The van der Waals surface area contributed by atoms with Crippen LogP contribution in [0.2, 0.25) is 0 Å². The van der Waals surface area contributed by atoms with E-state index in [0.717, 1.165) is 11.0 Å². The molecule has 1 heterocycles. The summed E-state index contributed by atoms with van der Waals surface area (Å²) in [6.45, 7) is 0. The quantitative estimate of drug-likeness (QED) is 0.324. The van der Waals surface area contributed by atoms with Gasteiger partial charge in [-0.1, -0.05) is 18.2 Å². The molecule has 0 bridgehead atoms. The van der Waals surface area contributed by atoms with Crippen LogP contribution < -0.4 is 18.9 Å². The molecule has 0 amide bonds. The first-order valence-corrected chi connectivity index (χ1v) is 3.10. The van der Waals surface area contributed by atoms with E-state index >= 15 is 0 Å². The zero-order valence-corrected chi connectivity index (χ0v) is 8.12. The molecule has 0 saturated carbocycles. The van der Waals surface area contributed by atoms with E-state index in [1.165, 1.54) is 0 Å². The topological polar surface area (TPSA) is 13.1 Å². The Hall–Kier alpha value is -0.563. The van der Waals surface area contributed by atoms with Gasteiger partial charge in [-0.05, 0) is 11.8 Å². The van der Waals surface area contributed by atoms with Gasteiger partial charge < -0.3 is 17.3 Å². The number of terminal acetylenes is 1. The van der Waals surface area contributed by atoms with E-state index < -0.39 is 0 Å². The maximum absolute atomic E-state index is 5.25. The Kier molecular flexibility index (Phi) is 9.25. The molecule has 64 valence electrons. The van der Waals surface area contributed by atoms with Crippen molar-refractivity contribution < 1.29 is 40.3 Å². The van der Waals surface area contributed by atoms with E-state index in [2.05, 4.69) is 12.7 Å². The average Bonchev–Trinajstić information content (AvgIpc) is 2.55. The largest absolute Gasteiger partial charge is 1.00 e. The molecule has 0 unspecified atom stereocenters. The molecule has 0 saturated heterocycles. The second kappa shape index (κ2) is 8.05. The van der Waals surface area contributed by atoms with Gasteiger partial charge in [0.1, 0.15) is 0 Å². The first-order chi connectivity index (χ1) is 5.47. The summed E-state index contributed by atoms with van der Waals surface area (Å²) in [5, 5.41) is 1.11. The molecule has 0 radical (unpaired) electrons. The number of furan rings is 1. The molecular weight excluding hydrogens is 207 g/mol. The van der Waals surface area contributed by atoms with Crippen LogP contribution in [0.1, 0.15) is 0 Å². The van der Waals surface area contributed by atoms with Crippen LogP contribution in [0.25, 0.3) is 11.0 Å². The Balaban J connectivity index is 0. The molecular formula is C10H6CuLiO. The predicted octanol–water partition coefficient (Wildman–Crippen LogP) is -0.560. The molecule has 1 aromatic carbocycles. The van der Waals surface area contributed by atoms with Crippen LogP contribution in [-0.4, -0.2) is 0 Å². The maximum atomic E-state index is 5.25. The summed E-state index contributed by atoms with van der Waals surface area (Å²) in [5.74, 6) is 0. The van der Waals surface area contributed by atoms with Crippen molar-refractivity contribution in [2.45, 2.75) is 0 Å². The van der Waals surface area contributed by atoms with Crippen molar-refractivity contribution in [2.24, 2.45) is 0 Å². The maximum Gasteiger partial charge on any atom is 1.00 e. The van der Waals surface area contributed by atoms with Gasteiger partial charge in [0.25, 0.3) is 0 Å². The minimum Gasteiger partial charge on any atom is -0.697 e. The van der Waals surface area contributed by atoms with Gasteiger partial charge in [-0.15, -0.1) is 17.5 Å². The molecule has 13 heavy (non-hydrogen) atoms. The molecule has 0 spiro atoms. The van der Waals surface area contributed by atoms with Crippen LogP contribution in [-0.2, 0) is 17.1 Å². The van der Waals surface area contributed by atoms with Crippen LogP contribution in [0.3, 0.4) is 0 Å². The summed E-state index contributed by atoms with van der Waals surface area (Å²) in [6, 6.07) is 9.67. The molecule has 0 atom stereocenters. The summed E-state index contributed by atoms with van der Waals surface area (Å²) >= 11 is 0. The van der Waals surface area contributed by atoms with Gasteiger partial charge in [0, 0.05) is 0 Å². The van der Waals surface area contributed by atoms with E-state index in [9.17, 15) is 0 Å². The summed E-state index contributed by atoms with van der Waals surface area (Å²) in [7, 11) is 0. The van der Waals surface area contributed by atoms with E-state index in [1.54, 1.807) is 0 Å². The second-order valence-corrected chi connectivity index (χ2v) is 1.90. The smallest absolute Gasteiger partial charge is 0.697 e. The molecule has 0 N–H and O–H groups in total. The zero-order chi connectivity index (χ0) is 8.10. The average molecular weight is 213 g/mol. The van der Waals surface area contributed by atoms with Crippen molar-refractivity contribution in [2.75, 3.05) is 0 Å². The van der Waals surface area contributed by atoms with Crippen LogP contribution >= 0.6 is 0 Å². The second-order valence-electron chi connectivity index (χ2n) is 1.90. The Morgan fingerprint density at radius 2 is 1.85 bits per heavy atom. The molecule has 0 aliphatic rings. The van der Waals surface area contributed by atoms with Gasteiger partial charge in [0.2, 0.25) is 0 Å². The van der Waals surface area contributed by atoms with Crippen molar-refractivity contribution in [3.63, 3.8) is 0 Å². The van der Waals surface area contributed by atoms with Gasteiger partial charge in [-0.2, -0.15) is 0 Å². The fourth-order valence-corrected chi connectivity index (χ4v) is 0.849. The van der Waals surface area contributed by atoms with Crippen LogP contribution in [0.5, 0.6) is 0 Å². The number of para-hydroxylation sites is 1. The standard InChI is InChI=1S/C8H5O.C2H.Cu.Li/c1-2-4-8-7(3-1)5-6-9-8;1-2;;/h1-5H;1H;;/q2*-1;2*+1. The van der Waals surface area contributed by atoms with Crippen LogP contribution in [0, 0.1) is 19.1 Å². The number of hydrogen-bond donors (Lipinski definition) is 0. The minimum atomic E-state index is 0. The van der Waals surface area contributed by atoms with E-state index in [0.29, 0.717) is 0 Å². The number of rotatable bonds is 0. The Bertz CT molecular complexity index is 323. The molecule has 3 heteroatoms. The third-order valence-corrected chi connectivity index (χ3v) is 1.30. The van der Waals surface area contributed by atoms with Crippen molar-refractivity contribution >= 4 is 11.0 Å². The summed E-state index contributed by atoms with van der Waals surface area (Å²) < 4.78 is 4.99. The van der Waals surface area contributed by atoms with Crippen molar-refractivity contribution in [1.29, 1.82) is 0 Å². The number of hydrogen-bond acceptors (Lipinski definition) is 1. The molecule has 1 aromatic heterocycles. The Morgan fingerprint density at radius 3 is 2.46 bits per heavy atom. The first-order valence-electron chi connectivity index (χ1n) is 3.10. The van der Waals surface area contributed by atoms with Crippen LogP contribution in [0.4, 0.5) is 0 Å².